The minimum absolute atomic E-state index is 0.0149. The predicted octanol–water partition coefficient (Wildman–Crippen LogP) is 6.23. The molecule has 0 saturated carbocycles. The number of anilines is 1. The molecule has 3 aromatic carbocycles. The Hall–Kier alpha value is -2.70. The van der Waals surface area contributed by atoms with E-state index in [0.29, 0.717) is 24.7 Å². The van der Waals surface area contributed by atoms with Crippen molar-refractivity contribution in [1.29, 1.82) is 0 Å². The first-order valence-electron chi connectivity index (χ1n) is 9.74. The molecule has 0 radical (unpaired) electrons. The van der Waals surface area contributed by atoms with Gasteiger partial charge in [0.15, 0.2) is 5.13 Å². The average Bonchev–Trinajstić information content (AvgIpc) is 3.17. The van der Waals surface area contributed by atoms with Crippen molar-refractivity contribution in [2.75, 3.05) is 11.5 Å². The van der Waals surface area contributed by atoms with Crippen LogP contribution in [0.15, 0.2) is 77.3 Å². The monoisotopic (exact) mass is 480 g/mol. The van der Waals surface area contributed by atoms with Gasteiger partial charge in [0.2, 0.25) is 5.91 Å². The number of carbonyl (C=O) groups is 1. The van der Waals surface area contributed by atoms with E-state index >= 15 is 0 Å². The SMILES string of the molecule is CCOc1ccc(CC(=O)N(Cc2ccccc2)c2nc3ccc(Br)cc3s2)cc1. The van der Waals surface area contributed by atoms with E-state index in [1.165, 1.54) is 11.3 Å². The highest BCUT2D eigenvalue weighted by atomic mass is 79.9. The van der Waals surface area contributed by atoms with Gasteiger partial charge >= 0.3 is 0 Å². The molecule has 152 valence electrons. The second-order valence-electron chi connectivity index (χ2n) is 6.83. The van der Waals surface area contributed by atoms with Crippen LogP contribution in [-0.2, 0) is 17.8 Å². The molecule has 0 aliphatic rings. The van der Waals surface area contributed by atoms with E-state index in [4.69, 9.17) is 9.72 Å². The molecule has 0 spiro atoms. The zero-order chi connectivity index (χ0) is 20.9. The fraction of sp³-hybridized carbons (Fsp3) is 0.167. The number of hydrogen-bond acceptors (Lipinski definition) is 4. The Kier molecular flexibility index (Phi) is 6.45. The zero-order valence-electron chi connectivity index (χ0n) is 16.5. The molecule has 4 nitrogen and oxygen atoms in total. The maximum Gasteiger partial charge on any atom is 0.233 e. The van der Waals surface area contributed by atoms with Crippen molar-refractivity contribution in [2.24, 2.45) is 0 Å². The van der Waals surface area contributed by atoms with E-state index < -0.39 is 0 Å². The number of halogens is 1. The minimum Gasteiger partial charge on any atom is -0.494 e. The highest BCUT2D eigenvalue weighted by Gasteiger charge is 2.20. The molecular formula is C24H21BrN2O2S. The molecule has 4 aromatic rings. The number of benzene rings is 3. The number of ether oxygens (including phenoxy) is 1. The first-order valence-corrected chi connectivity index (χ1v) is 11.4. The average molecular weight is 481 g/mol. The molecule has 1 amide bonds. The van der Waals surface area contributed by atoms with Gasteiger partial charge in [-0.3, -0.25) is 9.69 Å². The molecule has 0 unspecified atom stereocenters. The minimum atomic E-state index is 0.0149. The molecule has 0 fully saturated rings. The van der Waals surface area contributed by atoms with Crippen LogP contribution in [0.25, 0.3) is 10.2 Å². The summed E-state index contributed by atoms with van der Waals surface area (Å²) in [6, 6.07) is 23.7. The Bertz CT molecular complexity index is 1140. The van der Waals surface area contributed by atoms with Gasteiger partial charge in [-0.15, -0.1) is 0 Å². The van der Waals surface area contributed by atoms with Gasteiger partial charge in [0.25, 0.3) is 0 Å². The topological polar surface area (TPSA) is 42.4 Å². The van der Waals surface area contributed by atoms with Gasteiger partial charge in [-0.05, 0) is 48.4 Å². The summed E-state index contributed by atoms with van der Waals surface area (Å²) in [6.07, 6.45) is 0.304. The van der Waals surface area contributed by atoms with Crippen molar-refractivity contribution in [3.8, 4) is 5.75 Å². The standard InChI is InChI=1S/C24H21BrN2O2S/c1-2-29-20-11-8-17(9-12-20)14-23(28)27(16-18-6-4-3-5-7-18)24-26-21-13-10-19(25)15-22(21)30-24/h3-13,15H,2,14,16H2,1H3. The third-order valence-electron chi connectivity index (χ3n) is 4.64. The molecule has 1 heterocycles. The van der Waals surface area contributed by atoms with Crippen LogP contribution in [0.5, 0.6) is 5.75 Å². The maximum absolute atomic E-state index is 13.3. The van der Waals surface area contributed by atoms with Gasteiger partial charge in [-0.2, -0.15) is 0 Å². The van der Waals surface area contributed by atoms with E-state index in [9.17, 15) is 4.79 Å². The Morgan fingerprint density at radius 2 is 1.80 bits per heavy atom. The quantitative estimate of drug-likeness (QED) is 0.314. The summed E-state index contributed by atoms with van der Waals surface area (Å²) in [5.74, 6) is 0.827. The van der Waals surface area contributed by atoms with Crippen LogP contribution in [0.2, 0.25) is 0 Å². The molecule has 4 rings (SSSR count). The van der Waals surface area contributed by atoms with Crippen LogP contribution in [0, 0.1) is 0 Å². The molecular weight excluding hydrogens is 460 g/mol. The lowest BCUT2D eigenvalue weighted by Crippen LogP contribution is -2.31. The van der Waals surface area contributed by atoms with Crippen molar-refractivity contribution in [3.05, 3.63) is 88.4 Å². The Balaban J connectivity index is 1.62. The van der Waals surface area contributed by atoms with Gasteiger partial charge in [0, 0.05) is 4.47 Å². The fourth-order valence-corrected chi connectivity index (χ4v) is 4.70. The van der Waals surface area contributed by atoms with Crippen LogP contribution in [0.4, 0.5) is 5.13 Å². The second kappa shape index (κ2) is 9.41. The molecule has 0 atom stereocenters. The first kappa shape index (κ1) is 20.6. The summed E-state index contributed by atoms with van der Waals surface area (Å²) in [7, 11) is 0. The lowest BCUT2D eigenvalue weighted by atomic mass is 10.1. The molecule has 1 aromatic heterocycles. The lowest BCUT2D eigenvalue weighted by Gasteiger charge is -2.20. The number of amides is 1. The summed E-state index contributed by atoms with van der Waals surface area (Å²) >= 11 is 5.04. The number of aromatic nitrogens is 1. The summed E-state index contributed by atoms with van der Waals surface area (Å²) in [5, 5.41) is 0.711. The second-order valence-corrected chi connectivity index (χ2v) is 8.75. The summed E-state index contributed by atoms with van der Waals surface area (Å²) in [4.78, 5) is 19.8. The molecule has 0 aliphatic carbocycles. The van der Waals surface area contributed by atoms with Crippen LogP contribution in [0.1, 0.15) is 18.1 Å². The first-order chi connectivity index (χ1) is 14.6. The number of carbonyl (C=O) groups excluding carboxylic acids is 1. The van der Waals surface area contributed by atoms with E-state index in [0.717, 1.165) is 31.6 Å². The highest BCUT2D eigenvalue weighted by Crippen LogP contribution is 2.32. The van der Waals surface area contributed by atoms with Crippen molar-refractivity contribution in [3.63, 3.8) is 0 Å². The Morgan fingerprint density at radius 3 is 2.53 bits per heavy atom. The Morgan fingerprint density at radius 1 is 1.03 bits per heavy atom. The molecule has 30 heavy (non-hydrogen) atoms. The molecule has 0 bridgehead atoms. The van der Waals surface area contributed by atoms with Crippen LogP contribution >= 0.6 is 27.3 Å². The zero-order valence-corrected chi connectivity index (χ0v) is 18.9. The van der Waals surface area contributed by atoms with Gasteiger partial charge in [-0.1, -0.05) is 69.7 Å². The summed E-state index contributed by atoms with van der Waals surface area (Å²) in [6.45, 7) is 3.06. The van der Waals surface area contributed by atoms with Crippen molar-refractivity contribution in [2.45, 2.75) is 19.9 Å². The van der Waals surface area contributed by atoms with Crippen molar-refractivity contribution >= 4 is 48.5 Å². The largest absolute Gasteiger partial charge is 0.494 e. The predicted molar refractivity (Wildman–Crippen MR) is 126 cm³/mol. The number of rotatable bonds is 7. The molecule has 6 heteroatoms. The molecule has 0 saturated heterocycles. The van der Waals surface area contributed by atoms with E-state index in [1.54, 1.807) is 4.90 Å². The van der Waals surface area contributed by atoms with E-state index in [1.807, 2.05) is 79.7 Å². The lowest BCUT2D eigenvalue weighted by molar-refractivity contribution is -0.118. The normalized spacial score (nSPS) is 10.9. The number of hydrogen-bond donors (Lipinski definition) is 0. The van der Waals surface area contributed by atoms with Crippen LogP contribution < -0.4 is 9.64 Å². The van der Waals surface area contributed by atoms with Crippen molar-refractivity contribution in [1.82, 2.24) is 4.98 Å². The van der Waals surface area contributed by atoms with Crippen LogP contribution in [0.3, 0.4) is 0 Å². The number of thiazole rings is 1. The molecule has 0 N–H and O–H groups in total. The fourth-order valence-electron chi connectivity index (χ4n) is 3.17. The van der Waals surface area contributed by atoms with Crippen molar-refractivity contribution < 1.29 is 9.53 Å². The van der Waals surface area contributed by atoms with E-state index in [-0.39, 0.29) is 5.91 Å². The van der Waals surface area contributed by atoms with Gasteiger partial charge in [-0.25, -0.2) is 4.98 Å². The third-order valence-corrected chi connectivity index (χ3v) is 6.18. The smallest absolute Gasteiger partial charge is 0.233 e. The van der Waals surface area contributed by atoms with Crippen LogP contribution in [-0.4, -0.2) is 17.5 Å². The maximum atomic E-state index is 13.3. The summed E-state index contributed by atoms with van der Waals surface area (Å²) in [5.41, 5.74) is 2.91. The number of fused-ring (bicyclic) bond motifs is 1. The number of nitrogens with zero attached hydrogens (tertiary/aromatic N) is 2. The highest BCUT2D eigenvalue weighted by molar-refractivity contribution is 9.10. The third kappa shape index (κ3) is 4.89. The molecule has 0 aliphatic heterocycles. The van der Waals surface area contributed by atoms with E-state index in [2.05, 4.69) is 15.9 Å². The van der Waals surface area contributed by atoms with Gasteiger partial charge in [0.1, 0.15) is 5.75 Å². The summed E-state index contributed by atoms with van der Waals surface area (Å²) < 4.78 is 7.55. The Labute approximate surface area is 188 Å². The van der Waals surface area contributed by atoms with Gasteiger partial charge in [0.05, 0.1) is 29.8 Å². The van der Waals surface area contributed by atoms with Gasteiger partial charge < -0.3 is 4.74 Å².